The van der Waals surface area contributed by atoms with Crippen LogP contribution >= 0.6 is 0 Å². The van der Waals surface area contributed by atoms with Gasteiger partial charge < -0.3 is 33.2 Å². The molecule has 0 aliphatic carbocycles. The topological polar surface area (TPSA) is 81.7 Å². The van der Waals surface area contributed by atoms with Crippen molar-refractivity contribution in [3.8, 4) is 0 Å². The first-order valence-electron chi connectivity index (χ1n) is 19.8. The summed E-state index contributed by atoms with van der Waals surface area (Å²) >= 11 is 0. The molecule has 5 aliphatic heterocycles. The van der Waals surface area contributed by atoms with E-state index in [0.29, 0.717) is 25.8 Å². The molecule has 0 N–H and O–H groups in total. The SMILES string of the molecule is CCCCCC[C@@H]1CCC[C@H]([C@@H]2CC[C@@H]([C@@H]3CC[C@H]([C@H]4CC[C@H](CCCCCCCCCC5=C[C@H](C)OC5=O)O4)OCO3)O2)OCO1. The summed E-state index contributed by atoms with van der Waals surface area (Å²) in [4.78, 5) is 11.7. The molecule has 5 aliphatic rings. The van der Waals surface area contributed by atoms with E-state index < -0.39 is 0 Å². The van der Waals surface area contributed by atoms with Crippen molar-refractivity contribution in [3.05, 3.63) is 11.6 Å². The minimum Gasteiger partial charge on any atom is -0.455 e. The second kappa shape index (κ2) is 20.6. The second-order valence-corrected chi connectivity index (χ2v) is 15.0. The van der Waals surface area contributed by atoms with E-state index >= 15 is 0 Å². The van der Waals surface area contributed by atoms with Crippen LogP contribution < -0.4 is 0 Å². The van der Waals surface area contributed by atoms with Gasteiger partial charge in [0.2, 0.25) is 0 Å². The van der Waals surface area contributed by atoms with Gasteiger partial charge >= 0.3 is 5.97 Å². The van der Waals surface area contributed by atoms with Crippen LogP contribution in [0.3, 0.4) is 0 Å². The summed E-state index contributed by atoms with van der Waals surface area (Å²) in [7, 11) is 0. The number of esters is 1. The highest BCUT2D eigenvalue weighted by Crippen LogP contribution is 2.35. The molecule has 5 heterocycles. The molecule has 4 saturated heterocycles. The third-order valence-corrected chi connectivity index (χ3v) is 11.2. The highest BCUT2D eigenvalue weighted by atomic mass is 16.7. The number of carbonyl (C=O) groups is 1. The molecule has 0 saturated carbocycles. The monoisotopic (exact) mass is 662 g/mol. The van der Waals surface area contributed by atoms with E-state index in [9.17, 15) is 4.79 Å². The fourth-order valence-electron chi connectivity index (χ4n) is 8.39. The molecule has 9 atom stereocenters. The molecule has 0 unspecified atom stereocenters. The average Bonchev–Trinajstić information content (AvgIpc) is 3.76. The highest BCUT2D eigenvalue weighted by molar-refractivity contribution is 5.90. The van der Waals surface area contributed by atoms with Gasteiger partial charge in [-0.05, 0) is 96.5 Å². The Hall–Kier alpha value is -1.03. The standard InChI is InChI=1S/C39H66O8/c1-3-4-5-12-16-31-18-14-19-33(42-27-41-31)37-24-25-38(47-37)35-23-22-34(43-28-44-35)36-21-20-32(46-36)17-13-10-8-6-7-9-11-15-30-26-29(2)45-39(30)40/h26,29,31-38H,3-25,27-28H2,1-2H3/t29-,31+,32-,33+,34+,35-,36+,37-,38-/m0/s1. The quantitative estimate of drug-likeness (QED) is 0.106. The third kappa shape index (κ3) is 12.4. The van der Waals surface area contributed by atoms with Gasteiger partial charge in [0.1, 0.15) is 19.7 Å². The summed E-state index contributed by atoms with van der Waals surface area (Å²) in [6.07, 6.45) is 29.9. The molecule has 8 nitrogen and oxygen atoms in total. The summed E-state index contributed by atoms with van der Waals surface area (Å²) in [5.41, 5.74) is 0.873. The Morgan fingerprint density at radius 3 is 1.81 bits per heavy atom. The van der Waals surface area contributed by atoms with Gasteiger partial charge in [-0.3, -0.25) is 0 Å². The van der Waals surface area contributed by atoms with Gasteiger partial charge in [-0.1, -0.05) is 71.1 Å². The molecule has 8 heteroatoms. The molecular formula is C39H66O8. The lowest BCUT2D eigenvalue weighted by Gasteiger charge is -2.30. The Balaban J connectivity index is 0.895. The maximum atomic E-state index is 11.7. The lowest BCUT2D eigenvalue weighted by Crippen LogP contribution is -2.35. The molecule has 270 valence electrons. The molecule has 0 spiro atoms. The molecule has 4 fully saturated rings. The van der Waals surface area contributed by atoms with Crippen LogP contribution in [0, 0.1) is 0 Å². The lowest BCUT2D eigenvalue weighted by molar-refractivity contribution is -0.181. The minimum absolute atomic E-state index is 0.0469. The van der Waals surface area contributed by atoms with Crippen molar-refractivity contribution in [2.24, 2.45) is 0 Å². The van der Waals surface area contributed by atoms with E-state index in [0.717, 1.165) is 89.0 Å². The van der Waals surface area contributed by atoms with E-state index in [4.69, 9.17) is 33.2 Å². The summed E-state index contributed by atoms with van der Waals surface area (Å²) in [6.45, 7) is 4.91. The number of unbranched alkanes of at least 4 members (excludes halogenated alkanes) is 9. The summed E-state index contributed by atoms with van der Waals surface area (Å²) in [5, 5.41) is 0. The van der Waals surface area contributed by atoms with Crippen molar-refractivity contribution in [2.45, 2.75) is 216 Å². The smallest absolute Gasteiger partial charge is 0.334 e. The zero-order chi connectivity index (χ0) is 32.7. The Labute approximate surface area is 285 Å². The number of hydrogen-bond donors (Lipinski definition) is 0. The number of hydrogen-bond acceptors (Lipinski definition) is 8. The van der Waals surface area contributed by atoms with Crippen molar-refractivity contribution in [2.75, 3.05) is 13.6 Å². The van der Waals surface area contributed by atoms with Crippen LogP contribution in [0.5, 0.6) is 0 Å². The van der Waals surface area contributed by atoms with Crippen LogP contribution in [0.15, 0.2) is 11.6 Å². The molecule has 47 heavy (non-hydrogen) atoms. The summed E-state index contributed by atoms with van der Waals surface area (Å²) < 4.78 is 43.1. The van der Waals surface area contributed by atoms with Crippen molar-refractivity contribution in [3.63, 3.8) is 0 Å². The third-order valence-electron chi connectivity index (χ3n) is 11.2. The first-order chi connectivity index (χ1) is 23.1. The van der Waals surface area contributed by atoms with Crippen molar-refractivity contribution in [1.29, 1.82) is 0 Å². The normalized spacial score (nSPS) is 35.3. The maximum Gasteiger partial charge on any atom is 0.334 e. The molecule has 0 aromatic rings. The highest BCUT2D eigenvalue weighted by Gasteiger charge is 2.40. The zero-order valence-electron chi connectivity index (χ0n) is 29.7. The first-order valence-corrected chi connectivity index (χ1v) is 19.8. The molecule has 0 aromatic carbocycles. The van der Waals surface area contributed by atoms with Gasteiger partial charge in [-0.25, -0.2) is 4.79 Å². The predicted octanol–water partition coefficient (Wildman–Crippen LogP) is 8.87. The molecule has 0 amide bonds. The van der Waals surface area contributed by atoms with Gasteiger partial charge in [0.25, 0.3) is 0 Å². The minimum atomic E-state index is -0.113. The average molecular weight is 663 g/mol. The number of ether oxygens (including phenoxy) is 7. The van der Waals surface area contributed by atoms with Crippen molar-refractivity contribution >= 4 is 5.97 Å². The number of carbonyl (C=O) groups excluding carboxylic acids is 1. The van der Waals surface area contributed by atoms with Gasteiger partial charge in [0.15, 0.2) is 0 Å². The summed E-state index contributed by atoms with van der Waals surface area (Å²) in [5.74, 6) is -0.113. The van der Waals surface area contributed by atoms with Crippen LogP contribution in [-0.2, 0) is 38.0 Å². The first kappa shape index (κ1) is 37.2. The van der Waals surface area contributed by atoms with Crippen LogP contribution in [0.1, 0.15) is 162 Å². The Kier molecular flexibility index (Phi) is 16.3. The molecule has 5 rings (SSSR count). The van der Waals surface area contributed by atoms with E-state index in [1.165, 1.54) is 64.2 Å². The Bertz CT molecular complexity index is 915. The van der Waals surface area contributed by atoms with E-state index in [2.05, 4.69) is 6.92 Å². The molecule has 0 radical (unpaired) electrons. The largest absolute Gasteiger partial charge is 0.455 e. The lowest BCUT2D eigenvalue weighted by atomic mass is 9.98. The molecule has 0 bridgehead atoms. The maximum absolute atomic E-state index is 11.7. The summed E-state index contributed by atoms with van der Waals surface area (Å²) in [6, 6.07) is 0. The number of rotatable bonds is 18. The van der Waals surface area contributed by atoms with Gasteiger partial charge in [-0.15, -0.1) is 0 Å². The van der Waals surface area contributed by atoms with Crippen LogP contribution in [0.2, 0.25) is 0 Å². The fourth-order valence-corrected chi connectivity index (χ4v) is 8.39. The van der Waals surface area contributed by atoms with E-state index in [-0.39, 0.29) is 48.7 Å². The van der Waals surface area contributed by atoms with Crippen LogP contribution in [0.25, 0.3) is 0 Å². The van der Waals surface area contributed by atoms with E-state index in [1.54, 1.807) is 0 Å². The van der Waals surface area contributed by atoms with Gasteiger partial charge in [-0.2, -0.15) is 0 Å². The predicted molar refractivity (Wildman–Crippen MR) is 182 cm³/mol. The zero-order valence-corrected chi connectivity index (χ0v) is 29.7. The Morgan fingerprint density at radius 2 is 1.13 bits per heavy atom. The van der Waals surface area contributed by atoms with Crippen LogP contribution in [0.4, 0.5) is 0 Å². The second-order valence-electron chi connectivity index (χ2n) is 15.0. The van der Waals surface area contributed by atoms with E-state index in [1.807, 2.05) is 13.0 Å². The molecule has 0 aromatic heterocycles. The Morgan fingerprint density at radius 1 is 0.574 bits per heavy atom. The number of cyclic esters (lactones) is 1. The van der Waals surface area contributed by atoms with Crippen molar-refractivity contribution < 1.29 is 38.0 Å². The van der Waals surface area contributed by atoms with Gasteiger partial charge in [0, 0.05) is 5.57 Å². The van der Waals surface area contributed by atoms with Crippen molar-refractivity contribution in [1.82, 2.24) is 0 Å². The van der Waals surface area contributed by atoms with Crippen LogP contribution in [-0.4, -0.2) is 74.5 Å². The fraction of sp³-hybridized carbons (Fsp3) is 0.923. The van der Waals surface area contributed by atoms with Gasteiger partial charge in [0.05, 0.1) is 48.8 Å². The molecular weight excluding hydrogens is 596 g/mol.